The maximum Gasteiger partial charge on any atom is 0.343 e. The lowest BCUT2D eigenvalue weighted by atomic mass is 10.2. The Morgan fingerprint density at radius 1 is 0.944 bits per heavy atom. The summed E-state index contributed by atoms with van der Waals surface area (Å²) in [6, 6.07) is 20.3. The fourth-order valence-electron chi connectivity index (χ4n) is 2.92. The summed E-state index contributed by atoms with van der Waals surface area (Å²) in [6.07, 6.45) is 3.47. The summed E-state index contributed by atoms with van der Waals surface area (Å²) >= 11 is 3.30. The summed E-state index contributed by atoms with van der Waals surface area (Å²) in [5, 5.41) is 6.40. The van der Waals surface area contributed by atoms with Crippen LogP contribution in [0.25, 0.3) is 0 Å². The predicted molar refractivity (Wildman–Crippen MR) is 140 cm³/mol. The van der Waals surface area contributed by atoms with Gasteiger partial charge in [0.15, 0.2) is 0 Å². The standard InChI is InChI=1S/C27H26BrN3O5/c1-2-3-15-35-23-13-9-20(10-14-23)27(34)36-24-11-7-19(8-12-24)17-30-31-25(32)18-29-26(33)21-5-4-6-22(28)16-21/h4-14,16-17H,2-3,15,18H2,1H3,(H,29,33)(H,31,32)/b30-17+. The molecule has 36 heavy (non-hydrogen) atoms. The molecule has 3 aromatic rings. The molecular formula is C27H26BrN3O5. The van der Waals surface area contributed by atoms with Gasteiger partial charge in [-0.3, -0.25) is 9.59 Å². The molecule has 0 unspecified atom stereocenters. The number of amides is 2. The highest BCUT2D eigenvalue weighted by Crippen LogP contribution is 2.17. The Morgan fingerprint density at radius 3 is 2.36 bits per heavy atom. The highest BCUT2D eigenvalue weighted by atomic mass is 79.9. The minimum atomic E-state index is -0.478. The van der Waals surface area contributed by atoms with Gasteiger partial charge in [-0.15, -0.1) is 0 Å². The van der Waals surface area contributed by atoms with Gasteiger partial charge in [0.25, 0.3) is 11.8 Å². The van der Waals surface area contributed by atoms with Crippen molar-refractivity contribution in [1.82, 2.24) is 10.7 Å². The maximum atomic E-state index is 12.4. The van der Waals surface area contributed by atoms with E-state index in [4.69, 9.17) is 9.47 Å². The number of carbonyl (C=O) groups is 3. The number of halogens is 1. The van der Waals surface area contributed by atoms with Crippen molar-refractivity contribution < 1.29 is 23.9 Å². The molecule has 0 spiro atoms. The van der Waals surface area contributed by atoms with E-state index in [2.05, 4.69) is 38.7 Å². The van der Waals surface area contributed by atoms with Crippen LogP contribution in [-0.2, 0) is 4.79 Å². The predicted octanol–water partition coefficient (Wildman–Crippen LogP) is 4.73. The van der Waals surface area contributed by atoms with E-state index in [1.54, 1.807) is 72.8 Å². The lowest BCUT2D eigenvalue weighted by molar-refractivity contribution is -0.120. The van der Waals surface area contributed by atoms with Crippen LogP contribution in [0.2, 0.25) is 0 Å². The van der Waals surface area contributed by atoms with Gasteiger partial charge in [0.1, 0.15) is 11.5 Å². The van der Waals surface area contributed by atoms with Crippen LogP contribution in [0.4, 0.5) is 0 Å². The van der Waals surface area contributed by atoms with E-state index in [1.807, 2.05) is 0 Å². The molecule has 0 heterocycles. The largest absolute Gasteiger partial charge is 0.494 e. The van der Waals surface area contributed by atoms with Crippen LogP contribution in [-0.4, -0.2) is 37.1 Å². The molecule has 0 aliphatic carbocycles. The zero-order chi connectivity index (χ0) is 25.8. The van der Waals surface area contributed by atoms with Crippen molar-refractivity contribution >= 4 is 39.9 Å². The van der Waals surface area contributed by atoms with Gasteiger partial charge in [0, 0.05) is 10.0 Å². The topological polar surface area (TPSA) is 106 Å². The van der Waals surface area contributed by atoms with Crippen LogP contribution < -0.4 is 20.2 Å². The van der Waals surface area contributed by atoms with Crippen LogP contribution in [0.5, 0.6) is 11.5 Å². The minimum absolute atomic E-state index is 0.219. The molecule has 0 fully saturated rings. The second-order valence-electron chi connectivity index (χ2n) is 7.67. The summed E-state index contributed by atoms with van der Waals surface area (Å²) in [6.45, 7) is 2.52. The third-order valence-electron chi connectivity index (χ3n) is 4.85. The molecule has 0 aliphatic rings. The molecule has 0 saturated carbocycles. The maximum absolute atomic E-state index is 12.4. The summed E-state index contributed by atoms with van der Waals surface area (Å²) in [7, 11) is 0. The van der Waals surface area contributed by atoms with Crippen molar-refractivity contribution in [2.45, 2.75) is 19.8 Å². The average molecular weight is 552 g/mol. The fraction of sp³-hybridized carbons (Fsp3) is 0.185. The van der Waals surface area contributed by atoms with E-state index in [9.17, 15) is 14.4 Å². The molecule has 186 valence electrons. The van der Waals surface area contributed by atoms with Gasteiger partial charge in [-0.05, 0) is 78.7 Å². The Hall–Kier alpha value is -3.98. The zero-order valence-electron chi connectivity index (χ0n) is 19.7. The van der Waals surface area contributed by atoms with Crippen molar-refractivity contribution in [3.63, 3.8) is 0 Å². The Bertz CT molecular complexity index is 1210. The van der Waals surface area contributed by atoms with Crippen LogP contribution in [0.15, 0.2) is 82.4 Å². The number of carbonyl (C=O) groups excluding carboxylic acids is 3. The smallest absolute Gasteiger partial charge is 0.343 e. The number of benzene rings is 3. The molecule has 0 bridgehead atoms. The zero-order valence-corrected chi connectivity index (χ0v) is 21.3. The number of nitrogens with zero attached hydrogens (tertiary/aromatic N) is 1. The van der Waals surface area contributed by atoms with Gasteiger partial charge in [-0.2, -0.15) is 5.10 Å². The molecule has 8 nitrogen and oxygen atoms in total. The van der Waals surface area contributed by atoms with E-state index in [0.717, 1.165) is 17.3 Å². The van der Waals surface area contributed by atoms with Gasteiger partial charge in [-0.25, -0.2) is 10.2 Å². The number of hydrogen-bond donors (Lipinski definition) is 2. The van der Waals surface area contributed by atoms with Gasteiger partial charge in [-0.1, -0.05) is 35.3 Å². The number of hydrazone groups is 1. The molecule has 3 rings (SSSR count). The summed E-state index contributed by atoms with van der Waals surface area (Å²) in [4.78, 5) is 36.4. The number of rotatable bonds is 11. The van der Waals surface area contributed by atoms with Crippen LogP contribution in [0, 0.1) is 0 Å². The molecule has 0 radical (unpaired) electrons. The van der Waals surface area contributed by atoms with E-state index < -0.39 is 11.9 Å². The normalized spacial score (nSPS) is 10.6. The van der Waals surface area contributed by atoms with Crippen molar-refractivity contribution in [2.75, 3.05) is 13.2 Å². The monoisotopic (exact) mass is 551 g/mol. The Labute approximate surface area is 217 Å². The van der Waals surface area contributed by atoms with Gasteiger partial charge >= 0.3 is 5.97 Å². The number of nitrogens with one attached hydrogen (secondary N) is 2. The van der Waals surface area contributed by atoms with Crippen molar-refractivity contribution in [1.29, 1.82) is 0 Å². The molecular weight excluding hydrogens is 526 g/mol. The lowest BCUT2D eigenvalue weighted by Gasteiger charge is -2.07. The van der Waals surface area contributed by atoms with E-state index in [1.165, 1.54) is 6.21 Å². The fourth-order valence-corrected chi connectivity index (χ4v) is 3.32. The Kier molecular flexibility index (Phi) is 10.2. The molecule has 2 N–H and O–H groups in total. The van der Waals surface area contributed by atoms with Crippen molar-refractivity contribution in [3.05, 3.63) is 94.0 Å². The molecule has 0 aliphatic heterocycles. The highest BCUT2D eigenvalue weighted by molar-refractivity contribution is 9.10. The van der Waals surface area contributed by atoms with Gasteiger partial charge in [0.2, 0.25) is 0 Å². The van der Waals surface area contributed by atoms with Crippen LogP contribution >= 0.6 is 15.9 Å². The molecule has 3 aromatic carbocycles. The number of ether oxygens (including phenoxy) is 2. The lowest BCUT2D eigenvalue weighted by Crippen LogP contribution is -2.34. The Morgan fingerprint density at radius 2 is 1.67 bits per heavy atom. The van der Waals surface area contributed by atoms with E-state index in [-0.39, 0.29) is 12.5 Å². The first-order chi connectivity index (χ1) is 17.4. The minimum Gasteiger partial charge on any atom is -0.494 e. The van der Waals surface area contributed by atoms with E-state index >= 15 is 0 Å². The first kappa shape index (κ1) is 26.6. The second-order valence-corrected chi connectivity index (χ2v) is 8.59. The third-order valence-corrected chi connectivity index (χ3v) is 5.34. The molecule has 0 aromatic heterocycles. The van der Waals surface area contributed by atoms with Crippen molar-refractivity contribution in [2.24, 2.45) is 5.10 Å². The van der Waals surface area contributed by atoms with Crippen LogP contribution in [0.1, 0.15) is 46.0 Å². The first-order valence-electron chi connectivity index (χ1n) is 11.4. The summed E-state index contributed by atoms with van der Waals surface area (Å²) < 4.78 is 11.8. The summed E-state index contributed by atoms with van der Waals surface area (Å²) in [5.74, 6) is -0.227. The first-order valence-corrected chi connectivity index (χ1v) is 12.1. The average Bonchev–Trinajstić information content (AvgIpc) is 2.89. The number of unbranched alkanes of at least 4 members (excludes halogenated alkanes) is 1. The second kappa shape index (κ2) is 13.8. The SMILES string of the molecule is CCCCOc1ccc(C(=O)Oc2ccc(/C=N/NC(=O)CNC(=O)c3cccc(Br)c3)cc2)cc1. The third kappa shape index (κ3) is 8.66. The molecule has 0 saturated heterocycles. The quantitative estimate of drug-likeness (QED) is 0.118. The van der Waals surface area contributed by atoms with Gasteiger partial charge < -0.3 is 14.8 Å². The van der Waals surface area contributed by atoms with Crippen LogP contribution in [0.3, 0.4) is 0 Å². The molecule has 2 amide bonds. The van der Waals surface area contributed by atoms with E-state index in [0.29, 0.717) is 34.8 Å². The molecule has 0 atom stereocenters. The Balaban J connectivity index is 1.42. The molecule has 9 heteroatoms. The number of esters is 1. The van der Waals surface area contributed by atoms with Gasteiger partial charge in [0.05, 0.1) is 24.9 Å². The number of hydrogen-bond acceptors (Lipinski definition) is 6. The van der Waals surface area contributed by atoms with Crippen molar-refractivity contribution in [3.8, 4) is 11.5 Å². The summed E-state index contributed by atoms with van der Waals surface area (Å²) in [5.41, 5.74) is 3.89. The highest BCUT2D eigenvalue weighted by Gasteiger charge is 2.10.